The van der Waals surface area contributed by atoms with E-state index in [2.05, 4.69) is 0 Å². The first-order valence-electron chi connectivity index (χ1n) is 9.62. The number of piperidine rings is 1. The maximum Gasteiger partial charge on any atom is 0.421 e. The molecule has 1 amide bonds. The van der Waals surface area contributed by atoms with E-state index in [1.54, 1.807) is 36.2 Å². The van der Waals surface area contributed by atoms with Crippen LogP contribution in [-0.2, 0) is 19.1 Å². The summed E-state index contributed by atoms with van der Waals surface area (Å²) in [5, 5.41) is 0. The van der Waals surface area contributed by atoms with Gasteiger partial charge in [0.05, 0.1) is 6.42 Å². The number of primary amides is 1. The monoisotopic (exact) mass is 426 g/mol. The van der Waals surface area contributed by atoms with Crippen LogP contribution in [0.25, 0.3) is 11.1 Å². The number of nitrogens with zero attached hydrogens (tertiary/aromatic N) is 1. The zero-order chi connectivity index (χ0) is 22.3. The van der Waals surface area contributed by atoms with Crippen LogP contribution >= 0.6 is 0 Å². The molecular formula is C22H19FN2O6. The minimum atomic E-state index is -1.59. The highest BCUT2D eigenvalue weighted by molar-refractivity contribution is 6.31. The van der Waals surface area contributed by atoms with Gasteiger partial charge in [0, 0.05) is 23.6 Å². The van der Waals surface area contributed by atoms with Crippen molar-refractivity contribution in [2.24, 2.45) is 11.7 Å². The third-order valence-corrected chi connectivity index (χ3v) is 5.65. The van der Waals surface area contributed by atoms with Gasteiger partial charge in [-0.3, -0.25) is 9.59 Å². The first-order valence-corrected chi connectivity index (χ1v) is 9.62. The lowest BCUT2D eigenvalue weighted by Crippen LogP contribution is -2.54. The summed E-state index contributed by atoms with van der Waals surface area (Å²) in [5.74, 6) is -5.85. The number of ketones is 1. The quantitative estimate of drug-likeness (QED) is 0.451. The van der Waals surface area contributed by atoms with Gasteiger partial charge in [0.2, 0.25) is 5.91 Å². The number of hydrogen-bond donors (Lipinski definition) is 1. The molecule has 9 heteroatoms. The fourth-order valence-electron chi connectivity index (χ4n) is 3.99. The van der Waals surface area contributed by atoms with Crippen LogP contribution in [0.2, 0.25) is 0 Å². The molecule has 2 aromatic carbocycles. The molecule has 2 N–H and O–H groups in total. The SMILES string of the molecule is CN1CCC(C(=O)c2cccc(-c3cc(F)ccc3C(N)=O)c2)CC12OC(=O)C(=O)O2. The number of hydrogen-bond acceptors (Lipinski definition) is 7. The van der Waals surface area contributed by atoms with Crippen LogP contribution < -0.4 is 5.73 Å². The van der Waals surface area contributed by atoms with Crippen molar-refractivity contribution in [2.45, 2.75) is 18.8 Å². The molecule has 2 fully saturated rings. The van der Waals surface area contributed by atoms with Crippen molar-refractivity contribution in [3.63, 3.8) is 0 Å². The average molecular weight is 426 g/mol. The predicted molar refractivity (Wildman–Crippen MR) is 105 cm³/mol. The molecule has 0 radical (unpaired) electrons. The average Bonchev–Trinajstić information content (AvgIpc) is 3.03. The Morgan fingerprint density at radius 1 is 1.13 bits per heavy atom. The molecule has 2 aromatic rings. The standard InChI is InChI=1S/C22H19FN2O6/c1-25-8-7-14(11-22(25)30-20(28)21(29)31-22)18(26)13-4-2-3-12(9-13)17-10-15(23)5-6-16(17)19(24)27/h2-6,9-10,14H,7-8,11H2,1H3,(H2,24,27). The van der Waals surface area contributed by atoms with Gasteiger partial charge in [-0.2, -0.15) is 0 Å². The molecule has 1 spiro atoms. The third kappa shape index (κ3) is 3.68. The number of halogens is 1. The normalized spacial score (nSPS) is 20.4. The van der Waals surface area contributed by atoms with Crippen molar-refractivity contribution in [3.05, 3.63) is 59.4 Å². The molecule has 2 saturated heterocycles. The Morgan fingerprint density at radius 2 is 1.84 bits per heavy atom. The molecule has 1 atom stereocenters. The summed E-state index contributed by atoms with van der Waals surface area (Å²) in [6, 6.07) is 10.1. The second-order valence-corrected chi connectivity index (χ2v) is 7.60. The Balaban J connectivity index is 1.64. The van der Waals surface area contributed by atoms with Gasteiger partial charge in [-0.1, -0.05) is 18.2 Å². The zero-order valence-corrected chi connectivity index (χ0v) is 16.6. The number of nitrogens with two attached hydrogens (primary N) is 1. The van der Waals surface area contributed by atoms with E-state index in [1.165, 1.54) is 12.1 Å². The molecule has 2 heterocycles. The lowest BCUT2D eigenvalue weighted by atomic mass is 9.86. The maximum atomic E-state index is 13.8. The molecular weight excluding hydrogens is 407 g/mol. The molecule has 0 saturated carbocycles. The molecule has 31 heavy (non-hydrogen) atoms. The second kappa shape index (κ2) is 7.59. The largest absolute Gasteiger partial charge is 0.421 e. The highest BCUT2D eigenvalue weighted by Gasteiger charge is 2.55. The Bertz CT molecular complexity index is 1100. The Hall–Kier alpha value is -3.59. The van der Waals surface area contributed by atoms with E-state index in [9.17, 15) is 23.6 Å². The first kappa shape index (κ1) is 20.7. The molecule has 2 aliphatic heterocycles. The van der Waals surface area contributed by atoms with Gasteiger partial charge in [-0.25, -0.2) is 18.9 Å². The van der Waals surface area contributed by atoms with Crippen LogP contribution in [0.5, 0.6) is 0 Å². The molecule has 0 aromatic heterocycles. The van der Waals surface area contributed by atoms with E-state index in [4.69, 9.17) is 15.2 Å². The van der Waals surface area contributed by atoms with Crippen LogP contribution in [0.15, 0.2) is 42.5 Å². The Kier molecular flexibility index (Phi) is 5.06. The zero-order valence-electron chi connectivity index (χ0n) is 16.6. The number of carbonyl (C=O) groups excluding carboxylic acids is 4. The van der Waals surface area contributed by atoms with Crippen LogP contribution in [0.4, 0.5) is 4.39 Å². The number of carbonyl (C=O) groups is 4. The van der Waals surface area contributed by atoms with E-state index in [-0.39, 0.29) is 23.3 Å². The van der Waals surface area contributed by atoms with Crippen molar-refractivity contribution >= 4 is 23.6 Å². The summed E-state index contributed by atoms with van der Waals surface area (Å²) in [7, 11) is 1.64. The topological polar surface area (TPSA) is 116 Å². The molecule has 0 bridgehead atoms. The number of Topliss-reactive ketones (excluding diaryl/α,β-unsaturated/α-hetero) is 1. The smallest absolute Gasteiger partial charge is 0.400 e. The van der Waals surface area contributed by atoms with Crippen LogP contribution in [-0.4, -0.2) is 48.0 Å². The van der Waals surface area contributed by atoms with Crippen molar-refractivity contribution in [1.29, 1.82) is 0 Å². The Labute approximate surface area is 176 Å². The lowest BCUT2D eigenvalue weighted by molar-refractivity contribution is -0.261. The second-order valence-electron chi connectivity index (χ2n) is 7.60. The van der Waals surface area contributed by atoms with Gasteiger partial charge in [0.1, 0.15) is 5.82 Å². The van der Waals surface area contributed by atoms with Gasteiger partial charge < -0.3 is 15.2 Å². The Morgan fingerprint density at radius 3 is 2.52 bits per heavy atom. The van der Waals surface area contributed by atoms with Crippen molar-refractivity contribution in [2.75, 3.05) is 13.6 Å². The van der Waals surface area contributed by atoms with Crippen LogP contribution in [0.3, 0.4) is 0 Å². The summed E-state index contributed by atoms with van der Waals surface area (Å²) in [6.45, 7) is 0.367. The number of benzene rings is 2. The molecule has 0 aliphatic carbocycles. The van der Waals surface area contributed by atoms with Crippen LogP contribution in [0, 0.1) is 11.7 Å². The molecule has 8 nitrogen and oxygen atoms in total. The van der Waals surface area contributed by atoms with Gasteiger partial charge in [-0.05, 0) is 48.9 Å². The van der Waals surface area contributed by atoms with Gasteiger partial charge in [-0.15, -0.1) is 0 Å². The summed E-state index contributed by atoms with van der Waals surface area (Å²) < 4.78 is 24.1. The third-order valence-electron chi connectivity index (χ3n) is 5.65. The molecule has 2 aliphatic rings. The molecule has 160 valence electrons. The maximum absolute atomic E-state index is 13.8. The van der Waals surface area contributed by atoms with Gasteiger partial charge in [0.15, 0.2) is 5.78 Å². The van der Waals surface area contributed by atoms with Crippen molar-refractivity contribution in [1.82, 2.24) is 4.90 Å². The predicted octanol–water partition coefficient (Wildman–Crippen LogP) is 1.87. The number of esters is 2. The fraction of sp³-hybridized carbons (Fsp3) is 0.273. The first-order chi connectivity index (χ1) is 14.7. The van der Waals surface area contributed by atoms with E-state index in [0.717, 1.165) is 6.07 Å². The number of rotatable bonds is 4. The minimum Gasteiger partial charge on any atom is -0.400 e. The van der Waals surface area contributed by atoms with Crippen molar-refractivity contribution < 1.29 is 33.0 Å². The summed E-state index contributed by atoms with van der Waals surface area (Å²) in [5.41, 5.74) is 6.60. The summed E-state index contributed by atoms with van der Waals surface area (Å²) in [4.78, 5) is 49.7. The number of likely N-dealkylation sites (tertiary alicyclic amines) is 1. The number of amides is 1. The highest BCUT2D eigenvalue weighted by Crippen LogP contribution is 2.38. The summed E-state index contributed by atoms with van der Waals surface area (Å²) >= 11 is 0. The van der Waals surface area contributed by atoms with E-state index in [1.807, 2.05) is 0 Å². The van der Waals surface area contributed by atoms with E-state index in [0.29, 0.717) is 24.1 Å². The molecule has 4 rings (SSSR count). The highest BCUT2D eigenvalue weighted by atomic mass is 19.1. The van der Waals surface area contributed by atoms with E-state index < -0.39 is 35.5 Å². The fourth-order valence-corrected chi connectivity index (χ4v) is 3.99. The molecule has 1 unspecified atom stereocenters. The van der Waals surface area contributed by atoms with E-state index >= 15 is 0 Å². The van der Waals surface area contributed by atoms with Crippen LogP contribution in [0.1, 0.15) is 33.6 Å². The number of ether oxygens (including phenoxy) is 2. The van der Waals surface area contributed by atoms with Crippen molar-refractivity contribution in [3.8, 4) is 11.1 Å². The summed E-state index contributed by atoms with van der Waals surface area (Å²) in [6.07, 6.45) is 0.458. The van der Waals surface area contributed by atoms with Gasteiger partial charge in [0.25, 0.3) is 0 Å². The van der Waals surface area contributed by atoms with Gasteiger partial charge >= 0.3 is 17.8 Å². The lowest BCUT2D eigenvalue weighted by Gasteiger charge is -2.40. The minimum absolute atomic E-state index is 0.00343.